The van der Waals surface area contributed by atoms with Crippen molar-refractivity contribution in [3.05, 3.63) is 12.7 Å². The monoisotopic (exact) mass is 288 g/mol. The molecule has 0 aliphatic heterocycles. The van der Waals surface area contributed by atoms with E-state index in [0.29, 0.717) is 25.3 Å². The van der Waals surface area contributed by atoms with E-state index in [1.165, 1.54) is 18.7 Å². The number of hydrogen-bond donors (Lipinski definition) is 2. The summed E-state index contributed by atoms with van der Waals surface area (Å²) in [6.07, 6.45) is 2.29. The molecule has 108 valence electrons. The van der Waals surface area contributed by atoms with Gasteiger partial charge in [0.15, 0.2) is 5.12 Å². The fraction of sp³-hybridized carbons (Fsp3) is 0.583. The molecule has 6 nitrogen and oxygen atoms in total. The number of amides is 2. The first kappa shape index (κ1) is 17.5. The SMILES string of the molecule is C=CCCN(CCSC(C)=O)C(=O)N[C@@H](C)C(=O)O. The maximum atomic E-state index is 11.9. The third-order valence-corrected chi connectivity index (χ3v) is 3.06. The first-order valence-electron chi connectivity index (χ1n) is 5.91. The lowest BCUT2D eigenvalue weighted by Gasteiger charge is -2.23. The second kappa shape index (κ2) is 9.43. The number of carboxylic acid groups (broad SMARTS) is 1. The van der Waals surface area contributed by atoms with Crippen molar-refractivity contribution in [2.75, 3.05) is 18.8 Å². The Bertz CT molecular complexity index is 347. The molecule has 2 amide bonds. The molecule has 0 bridgehead atoms. The van der Waals surface area contributed by atoms with Gasteiger partial charge in [0.05, 0.1) is 0 Å². The average molecular weight is 288 g/mol. The quantitative estimate of drug-likeness (QED) is 0.658. The molecule has 0 aromatic heterocycles. The van der Waals surface area contributed by atoms with Gasteiger partial charge in [-0.05, 0) is 13.3 Å². The Hall–Kier alpha value is -1.50. The van der Waals surface area contributed by atoms with E-state index < -0.39 is 18.0 Å². The molecule has 0 saturated heterocycles. The molecule has 7 heteroatoms. The Labute approximate surface area is 117 Å². The van der Waals surface area contributed by atoms with Crippen molar-refractivity contribution in [3.63, 3.8) is 0 Å². The van der Waals surface area contributed by atoms with E-state index in [2.05, 4.69) is 11.9 Å². The van der Waals surface area contributed by atoms with Crippen molar-refractivity contribution >= 4 is 28.9 Å². The molecular weight excluding hydrogens is 268 g/mol. The van der Waals surface area contributed by atoms with E-state index >= 15 is 0 Å². The summed E-state index contributed by atoms with van der Waals surface area (Å²) in [6, 6.07) is -1.39. The van der Waals surface area contributed by atoms with Crippen LogP contribution in [-0.2, 0) is 9.59 Å². The van der Waals surface area contributed by atoms with Gasteiger partial charge in [-0.15, -0.1) is 6.58 Å². The van der Waals surface area contributed by atoms with Gasteiger partial charge in [0, 0.05) is 25.8 Å². The van der Waals surface area contributed by atoms with E-state index in [-0.39, 0.29) is 5.12 Å². The summed E-state index contributed by atoms with van der Waals surface area (Å²) in [5.74, 6) is -0.600. The van der Waals surface area contributed by atoms with Gasteiger partial charge in [0.1, 0.15) is 6.04 Å². The van der Waals surface area contributed by atoms with Gasteiger partial charge in [-0.25, -0.2) is 4.79 Å². The van der Waals surface area contributed by atoms with Crippen LogP contribution >= 0.6 is 11.8 Å². The van der Waals surface area contributed by atoms with Gasteiger partial charge in [-0.1, -0.05) is 17.8 Å². The molecule has 0 spiro atoms. The van der Waals surface area contributed by atoms with Crippen LogP contribution in [0.15, 0.2) is 12.7 Å². The van der Waals surface area contributed by atoms with Crippen LogP contribution in [0.3, 0.4) is 0 Å². The number of nitrogens with one attached hydrogen (secondary N) is 1. The van der Waals surface area contributed by atoms with Gasteiger partial charge in [-0.2, -0.15) is 0 Å². The number of aliphatic carboxylic acids is 1. The number of nitrogens with zero attached hydrogens (tertiary/aromatic N) is 1. The van der Waals surface area contributed by atoms with Crippen molar-refractivity contribution in [3.8, 4) is 0 Å². The molecule has 2 N–H and O–H groups in total. The van der Waals surface area contributed by atoms with Crippen molar-refractivity contribution in [2.24, 2.45) is 0 Å². The highest BCUT2D eigenvalue weighted by Crippen LogP contribution is 2.03. The second-order valence-electron chi connectivity index (χ2n) is 3.91. The number of rotatable bonds is 8. The van der Waals surface area contributed by atoms with Crippen LogP contribution in [0.2, 0.25) is 0 Å². The lowest BCUT2D eigenvalue weighted by atomic mass is 10.3. The number of urea groups is 1. The van der Waals surface area contributed by atoms with Crippen LogP contribution in [0.25, 0.3) is 0 Å². The summed E-state index contributed by atoms with van der Waals surface area (Å²) in [6.45, 7) is 7.27. The average Bonchev–Trinajstić information content (AvgIpc) is 2.32. The fourth-order valence-electron chi connectivity index (χ4n) is 1.20. The lowest BCUT2D eigenvalue weighted by Crippen LogP contribution is -2.47. The summed E-state index contributed by atoms with van der Waals surface area (Å²) in [4.78, 5) is 34.8. The summed E-state index contributed by atoms with van der Waals surface area (Å²) in [5.41, 5.74) is 0. The molecule has 1 atom stereocenters. The predicted molar refractivity (Wildman–Crippen MR) is 75.2 cm³/mol. The topological polar surface area (TPSA) is 86.7 Å². The second-order valence-corrected chi connectivity index (χ2v) is 5.19. The van der Waals surface area contributed by atoms with Crippen molar-refractivity contribution < 1.29 is 19.5 Å². The first-order chi connectivity index (χ1) is 8.88. The maximum Gasteiger partial charge on any atom is 0.325 e. The summed E-state index contributed by atoms with van der Waals surface area (Å²) in [7, 11) is 0. The van der Waals surface area contributed by atoms with Gasteiger partial charge in [-0.3, -0.25) is 9.59 Å². The van der Waals surface area contributed by atoms with Crippen LogP contribution in [0.1, 0.15) is 20.3 Å². The van der Waals surface area contributed by atoms with Gasteiger partial charge in [0.25, 0.3) is 0 Å². The highest BCUT2D eigenvalue weighted by molar-refractivity contribution is 8.13. The standard InChI is InChI=1S/C12H20N2O4S/c1-4-5-6-14(7-8-19-10(3)15)12(18)13-9(2)11(16)17/h4,9H,1,5-8H2,2-3H3,(H,13,18)(H,16,17)/t9-/m0/s1. The fourth-order valence-corrected chi connectivity index (χ4v) is 1.80. The zero-order valence-electron chi connectivity index (χ0n) is 11.2. The number of carbonyl (C=O) groups is 3. The highest BCUT2D eigenvalue weighted by atomic mass is 32.2. The molecule has 0 rings (SSSR count). The third-order valence-electron chi connectivity index (χ3n) is 2.27. The molecule has 0 radical (unpaired) electrons. The van der Waals surface area contributed by atoms with Crippen LogP contribution in [0.4, 0.5) is 4.79 Å². The molecule has 0 fully saturated rings. The number of carbonyl (C=O) groups excluding carboxylic acids is 2. The zero-order valence-corrected chi connectivity index (χ0v) is 12.0. The van der Waals surface area contributed by atoms with E-state index in [4.69, 9.17) is 5.11 Å². The lowest BCUT2D eigenvalue weighted by molar-refractivity contribution is -0.138. The van der Waals surface area contributed by atoms with Crippen LogP contribution < -0.4 is 5.32 Å². The predicted octanol–water partition coefficient (Wildman–Crippen LogP) is 1.33. The Balaban J connectivity index is 4.37. The van der Waals surface area contributed by atoms with Crippen LogP contribution in [0, 0.1) is 0 Å². The third kappa shape index (κ3) is 8.25. The summed E-state index contributed by atoms with van der Waals surface area (Å²) < 4.78 is 0. The molecule has 0 aliphatic rings. The normalized spacial score (nSPS) is 11.5. The molecule has 0 aromatic carbocycles. The molecule has 0 aliphatic carbocycles. The Kier molecular flexibility index (Phi) is 8.69. The zero-order chi connectivity index (χ0) is 14.8. The minimum absolute atomic E-state index is 0.0111. The summed E-state index contributed by atoms with van der Waals surface area (Å²) >= 11 is 1.13. The van der Waals surface area contributed by atoms with E-state index in [9.17, 15) is 14.4 Å². The molecule has 0 heterocycles. The number of thioether (sulfide) groups is 1. The smallest absolute Gasteiger partial charge is 0.325 e. The van der Waals surface area contributed by atoms with Crippen molar-refractivity contribution in [2.45, 2.75) is 26.3 Å². The van der Waals surface area contributed by atoms with E-state index in [1.54, 1.807) is 6.08 Å². The largest absolute Gasteiger partial charge is 0.480 e. The van der Waals surface area contributed by atoms with Gasteiger partial charge in [0.2, 0.25) is 0 Å². The Morgan fingerprint density at radius 1 is 1.42 bits per heavy atom. The van der Waals surface area contributed by atoms with Crippen molar-refractivity contribution in [1.82, 2.24) is 10.2 Å². The molecule has 19 heavy (non-hydrogen) atoms. The minimum Gasteiger partial charge on any atom is -0.480 e. The Morgan fingerprint density at radius 2 is 2.05 bits per heavy atom. The van der Waals surface area contributed by atoms with Gasteiger partial charge >= 0.3 is 12.0 Å². The maximum absolute atomic E-state index is 11.9. The summed E-state index contributed by atoms with van der Waals surface area (Å²) in [5, 5.41) is 11.1. The van der Waals surface area contributed by atoms with E-state index in [0.717, 1.165) is 11.8 Å². The molecule has 0 aromatic rings. The van der Waals surface area contributed by atoms with Crippen LogP contribution in [-0.4, -0.2) is 52.0 Å². The van der Waals surface area contributed by atoms with Crippen LogP contribution in [0.5, 0.6) is 0 Å². The number of hydrogen-bond acceptors (Lipinski definition) is 4. The molecule has 0 saturated carbocycles. The van der Waals surface area contributed by atoms with Gasteiger partial charge < -0.3 is 15.3 Å². The van der Waals surface area contributed by atoms with E-state index in [1.807, 2.05) is 0 Å². The number of carboxylic acids is 1. The molecular formula is C12H20N2O4S. The Morgan fingerprint density at radius 3 is 2.53 bits per heavy atom. The van der Waals surface area contributed by atoms with Crippen molar-refractivity contribution in [1.29, 1.82) is 0 Å². The first-order valence-corrected chi connectivity index (χ1v) is 6.89. The minimum atomic E-state index is -1.09. The highest BCUT2D eigenvalue weighted by Gasteiger charge is 2.18. The molecule has 0 unspecified atom stereocenters.